The topological polar surface area (TPSA) is 17.1 Å². The van der Waals surface area contributed by atoms with Gasteiger partial charge in [-0.3, -0.25) is 4.79 Å². The normalized spacial score (nSPS) is 11.0. The molecule has 0 spiro atoms. The molecule has 0 unspecified atom stereocenters. The first kappa shape index (κ1) is 16.9. The van der Waals surface area contributed by atoms with Crippen molar-refractivity contribution in [3.8, 4) is 9.75 Å². The van der Waals surface area contributed by atoms with Crippen LogP contribution in [0.3, 0.4) is 0 Å². The van der Waals surface area contributed by atoms with Gasteiger partial charge in [-0.1, -0.05) is 39.0 Å². The van der Waals surface area contributed by atoms with Crippen LogP contribution < -0.4 is 0 Å². The number of hydrogen-bond acceptors (Lipinski definition) is 3. The number of hydrogen-bond donors (Lipinski definition) is 0. The first-order valence-corrected chi connectivity index (χ1v) is 10.0. The molecule has 2 aromatic heterocycles. The van der Waals surface area contributed by atoms with Crippen LogP contribution in [-0.4, -0.2) is 6.29 Å². The lowest BCUT2D eigenvalue weighted by Crippen LogP contribution is -1.86. The molecule has 0 bridgehead atoms. The van der Waals surface area contributed by atoms with Crippen molar-refractivity contribution in [3.05, 3.63) is 32.4 Å². The number of rotatable bonds is 9. The fourth-order valence-corrected chi connectivity index (χ4v) is 5.09. The molecule has 114 valence electrons. The van der Waals surface area contributed by atoms with E-state index >= 15 is 0 Å². The van der Waals surface area contributed by atoms with Gasteiger partial charge in [-0.05, 0) is 52.5 Å². The molecule has 2 aromatic rings. The highest BCUT2D eigenvalue weighted by molar-refractivity contribution is 9.11. The van der Waals surface area contributed by atoms with E-state index in [9.17, 15) is 4.79 Å². The molecular formula is C17H21BrOS2. The molecule has 0 aliphatic heterocycles. The van der Waals surface area contributed by atoms with Crippen LogP contribution in [0, 0.1) is 0 Å². The van der Waals surface area contributed by atoms with Gasteiger partial charge in [-0.2, -0.15) is 0 Å². The zero-order valence-corrected chi connectivity index (χ0v) is 15.6. The van der Waals surface area contributed by atoms with Gasteiger partial charge >= 0.3 is 0 Å². The Morgan fingerprint density at radius 2 is 1.86 bits per heavy atom. The molecule has 21 heavy (non-hydrogen) atoms. The Hall–Kier alpha value is -0.450. The summed E-state index contributed by atoms with van der Waals surface area (Å²) < 4.78 is 1.18. The van der Waals surface area contributed by atoms with Crippen LogP contribution >= 0.6 is 38.6 Å². The van der Waals surface area contributed by atoms with Gasteiger partial charge in [0.1, 0.15) is 0 Å². The Morgan fingerprint density at radius 3 is 2.57 bits per heavy atom. The summed E-state index contributed by atoms with van der Waals surface area (Å²) in [6, 6.07) is 6.22. The van der Waals surface area contributed by atoms with Crippen molar-refractivity contribution >= 4 is 44.9 Å². The summed E-state index contributed by atoms with van der Waals surface area (Å²) in [5, 5.41) is 0. The van der Waals surface area contributed by atoms with Gasteiger partial charge in [-0.15, -0.1) is 22.7 Å². The first-order valence-electron chi connectivity index (χ1n) is 7.58. The fourth-order valence-electron chi connectivity index (χ4n) is 2.42. The summed E-state index contributed by atoms with van der Waals surface area (Å²) in [5.74, 6) is 0. The third kappa shape index (κ3) is 5.04. The second-order valence-electron chi connectivity index (χ2n) is 5.24. The van der Waals surface area contributed by atoms with Crippen LogP contribution in [-0.2, 0) is 6.42 Å². The lowest BCUT2D eigenvalue weighted by Gasteiger charge is -2.02. The van der Waals surface area contributed by atoms with Crippen molar-refractivity contribution in [1.82, 2.24) is 0 Å². The largest absolute Gasteiger partial charge is 0.297 e. The van der Waals surface area contributed by atoms with Crippen LogP contribution in [0.2, 0.25) is 0 Å². The molecule has 0 aromatic carbocycles. The SMILES string of the molecule is CCCCCCCCc1cc(Br)sc1-c1ccc(C=O)s1. The van der Waals surface area contributed by atoms with E-state index in [-0.39, 0.29) is 0 Å². The number of thiophene rings is 2. The number of unbranched alkanes of at least 4 members (excludes halogenated alkanes) is 5. The lowest BCUT2D eigenvalue weighted by atomic mass is 10.1. The van der Waals surface area contributed by atoms with Crippen LogP contribution in [0.25, 0.3) is 9.75 Å². The minimum absolute atomic E-state index is 0.806. The average molecular weight is 385 g/mol. The van der Waals surface area contributed by atoms with Gasteiger partial charge < -0.3 is 0 Å². The van der Waals surface area contributed by atoms with E-state index in [0.717, 1.165) is 17.6 Å². The van der Waals surface area contributed by atoms with Gasteiger partial charge in [0.2, 0.25) is 0 Å². The first-order chi connectivity index (χ1) is 10.2. The molecule has 4 heteroatoms. The molecule has 0 N–H and O–H groups in total. The van der Waals surface area contributed by atoms with E-state index in [4.69, 9.17) is 0 Å². The predicted octanol–water partition coefficient (Wildman–Crippen LogP) is 6.95. The highest BCUT2D eigenvalue weighted by Gasteiger charge is 2.12. The molecule has 2 rings (SSSR count). The summed E-state index contributed by atoms with van der Waals surface area (Å²) in [5.41, 5.74) is 1.42. The van der Waals surface area contributed by atoms with Gasteiger partial charge in [-0.25, -0.2) is 0 Å². The third-order valence-corrected chi connectivity index (χ3v) is 6.42. The third-order valence-electron chi connectivity index (χ3n) is 3.55. The molecule has 0 saturated carbocycles. The van der Waals surface area contributed by atoms with E-state index in [0.29, 0.717) is 0 Å². The summed E-state index contributed by atoms with van der Waals surface area (Å²) in [4.78, 5) is 14.2. The highest BCUT2D eigenvalue weighted by Crippen LogP contribution is 2.39. The van der Waals surface area contributed by atoms with Crippen molar-refractivity contribution in [1.29, 1.82) is 0 Å². The Balaban J connectivity index is 1.95. The second kappa shape index (κ2) is 8.86. The predicted molar refractivity (Wildman–Crippen MR) is 97.8 cm³/mol. The molecule has 1 nitrogen and oxygen atoms in total. The van der Waals surface area contributed by atoms with E-state index < -0.39 is 0 Å². The summed E-state index contributed by atoms with van der Waals surface area (Å²) in [6.07, 6.45) is 10.0. The Morgan fingerprint density at radius 1 is 1.10 bits per heavy atom. The number of aldehydes is 1. The molecular weight excluding hydrogens is 364 g/mol. The number of carbonyl (C=O) groups is 1. The molecule has 2 heterocycles. The maximum atomic E-state index is 10.8. The molecule has 0 radical (unpaired) electrons. The standard InChI is InChI=1S/C17H21BrOS2/c1-2-3-4-5-6-7-8-13-11-16(18)21-17(13)15-10-9-14(12-19)20-15/h9-12H,2-8H2,1H3. The summed E-state index contributed by atoms with van der Waals surface area (Å²) in [7, 11) is 0. The average Bonchev–Trinajstić information content (AvgIpc) is 3.09. The van der Waals surface area contributed by atoms with Crippen LogP contribution in [0.15, 0.2) is 22.0 Å². The number of carbonyl (C=O) groups excluding carboxylic acids is 1. The molecule has 0 amide bonds. The number of halogens is 1. The van der Waals surface area contributed by atoms with Gasteiger partial charge in [0.25, 0.3) is 0 Å². The van der Waals surface area contributed by atoms with Crippen molar-refractivity contribution in [2.45, 2.75) is 51.9 Å². The molecule has 0 saturated heterocycles. The van der Waals surface area contributed by atoms with Gasteiger partial charge in [0.15, 0.2) is 6.29 Å². The van der Waals surface area contributed by atoms with E-state index in [1.54, 1.807) is 22.7 Å². The highest BCUT2D eigenvalue weighted by atomic mass is 79.9. The minimum atomic E-state index is 0.806. The Labute approximate surface area is 143 Å². The maximum Gasteiger partial charge on any atom is 0.160 e. The number of aryl methyl sites for hydroxylation is 1. The maximum absolute atomic E-state index is 10.8. The molecule has 0 atom stereocenters. The quantitative estimate of drug-likeness (QED) is 0.337. The van der Waals surface area contributed by atoms with Crippen LogP contribution in [0.5, 0.6) is 0 Å². The van der Waals surface area contributed by atoms with Gasteiger partial charge in [0.05, 0.1) is 8.66 Å². The summed E-state index contributed by atoms with van der Waals surface area (Å²) in [6.45, 7) is 2.25. The van der Waals surface area contributed by atoms with Gasteiger partial charge in [0, 0.05) is 9.75 Å². The van der Waals surface area contributed by atoms with Crippen molar-refractivity contribution < 1.29 is 4.79 Å². The molecule has 0 aliphatic rings. The van der Waals surface area contributed by atoms with Crippen molar-refractivity contribution in [2.24, 2.45) is 0 Å². The van der Waals surface area contributed by atoms with Crippen LogP contribution in [0.4, 0.5) is 0 Å². The van der Waals surface area contributed by atoms with E-state index in [2.05, 4.69) is 35.0 Å². The van der Waals surface area contributed by atoms with Crippen molar-refractivity contribution in [3.63, 3.8) is 0 Å². The zero-order chi connectivity index (χ0) is 15.1. The lowest BCUT2D eigenvalue weighted by molar-refractivity contribution is 0.112. The molecule has 0 aliphatic carbocycles. The van der Waals surface area contributed by atoms with Crippen LogP contribution in [0.1, 0.15) is 60.7 Å². The summed E-state index contributed by atoms with van der Waals surface area (Å²) >= 11 is 6.96. The smallest absolute Gasteiger partial charge is 0.160 e. The Bertz CT molecular complexity index is 571. The molecule has 0 fully saturated rings. The van der Waals surface area contributed by atoms with E-state index in [1.165, 1.54) is 57.6 Å². The minimum Gasteiger partial charge on any atom is -0.297 e. The zero-order valence-electron chi connectivity index (χ0n) is 12.4. The van der Waals surface area contributed by atoms with Crippen molar-refractivity contribution in [2.75, 3.05) is 0 Å². The fraction of sp³-hybridized carbons (Fsp3) is 0.471. The monoisotopic (exact) mass is 384 g/mol. The van der Waals surface area contributed by atoms with E-state index in [1.807, 2.05) is 6.07 Å². The Kier molecular flexibility index (Phi) is 7.14. The second-order valence-corrected chi connectivity index (χ2v) is 8.79.